The minimum Gasteiger partial charge on any atom is -0.395 e. The van der Waals surface area contributed by atoms with Crippen molar-refractivity contribution in [3.63, 3.8) is 0 Å². The van der Waals surface area contributed by atoms with Gasteiger partial charge in [-0.1, -0.05) is 0 Å². The minimum atomic E-state index is -0.542. The fraction of sp³-hybridized carbons (Fsp3) is 0.500. The van der Waals surface area contributed by atoms with E-state index in [9.17, 15) is 0 Å². The summed E-state index contributed by atoms with van der Waals surface area (Å²) in [5.41, 5.74) is 7.52. The Morgan fingerprint density at radius 2 is 1.94 bits per heavy atom. The van der Waals surface area contributed by atoms with Crippen molar-refractivity contribution in [2.24, 2.45) is 0 Å². The molecule has 1 heterocycles. The van der Waals surface area contributed by atoms with Crippen LogP contribution >= 0.6 is 0 Å². The van der Waals surface area contributed by atoms with Crippen LogP contribution in [0.2, 0.25) is 0 Å². The SMILES string of the molecule is CCOC(C#Cc1ncnc(C)c1N)OCC. The third-order valence-electron chi connectivity index (χ3n) is 2.03. The van der Waals surface area contributed by atoms with E-state index in [-0.39, 0.29) is 0 Å². The molecule has 0 radical (unpaired) electrons. The van der Waals surface area contributed by atoms with Gasteiger partial charge >= 0.3 is 0 Å². The van der Waals surface area contributed by atoms with E-state index in [1.807, 2.05) is 20.8 Å². The van der Waals surface area contributed by atoms with Crippen LogP contribution in [0.5, 0.6) is 0 Å². The van der Waals surface area contributed by atoms with Gasteiger partial charge in [-0.3, -0.25) is 0 Å². The minimum absolute atomic E-state index is 0.492. The van der Waals surface area contributed by atoms with Crippen molar-refractivity contribution in [2.75, 3.05) is 18.9 Å². The van der Waals surface area contributed by atoms with Gasteiger partial charge < -0.3 is 15.2 Å². The summed E-state index contributed by atoms with van der Waals surface area (Å²) >= 11 is 0. The van der Waals surface area contributed by atoms with E-state index in [4.69, 9.17) is 15.2 Å². The highest BCUT2D eigenvalue weighted by Crippen LogP contribution is 2.09. The molecule has 5 nitrogen and oxygen atoms in total. The van der Waals surface area contributed by atoms with E-state index >= 15 is 0 Å². The molecule has 2 N–H and O–H groups in total. The number of hydrogen-bond donors (Lipinski definition) is 1. The van der Waals surface area contributed by atoms with E-state index in [1.54, 1.807) is 0 Å². The molecule has 92 valence electrons. The van der Waals surface area contributed by atoms with Crippen LogP contribution in [0.25, 0.3) is 0 Å². The number of anilines is 1. The van der Waals surface area contributed by atoms with E-state index in [2.05, 4.69) is 21.8 Å². The summed E-state index contributed by atoms with van der Waals surface area (Å²) in [4.78, 5) is 7.98. The molecule has 0 saturated carbocycles. The summed E-state index contributed by atoms with van der Waals surface area (Å²) in [5, 5.41) is 0. The molecular weight excluding hydrogens is 218 g/mol. The van der Waals surface area contributed by atoms with E-state index in [0.29, 0.717) is 30.3 Å². The van der Waals surface area contributed by atoms with Crippen molar-refractivity contribution in [2.45, 2.75) is 27.1 Å². The van der Waals surface area contributed by atoms with Crippen molar-refractivity contribution in [3.05, 3.63) is 17.7 Å². The third kappa shape index (κ3) is 4.02. The summed E-state index contributed by atoms with van der Waals surface area (Å²) in [6.45, 7) is 6.66. The number of ether oxygens (including phenoxy) is 2. The Labute approximate surface area is 101 Å². The molecule has 0 atom stereocenters. The fourth-order valence-corrected chi connectivity index (χ4v) is 1.14. The number of aromatic nitrogens is 2. The van der Waals surface area contributed by atoms with Gasteiger partial charge in [0, 0.05) is 13.2 Å². The summed E-state index contributed by atoms with van der Waals surface area (Å²) < 4.78 is 10.6. The molecule has 0 fully saturated rings. The van der Waals surface area contributed by atoms with Crippen LogP contribution in [-0.2, 0) is 9.47 Å². The highest BCUT2D eigenvalue weighted by molar-refractivity contribution is 5.54. The maximum Gasteiger partial charge on any atom is 0.222 e. The normalized spacial score (nSPS) is 10.1. The molecule has 0 amide bonds. The van der Waals surface area contributed by atoms with Crippen LogP contribution in [-0.4, -0.2) is 29.5 Å². The van der Waals surface area contributed by atoms with Crippen molar-refractivity contribution >= 4 is 5.69 Å². The Morgan fingerprint density at radius 1 is 1.29 bits per heavy atom. The molecule has 17 heavy (non-hydrogen) atoms. The zero-order valence-electron chi connectivity index (χ0n) is 10.4. The molecule has 0 aliphatic heterocycles. The van der Waals surface area contributed by atoms with Crippen molar-refractivity contribution in [1.82, 2.24) is 9.97 Å². The van der Waals surface area contributed by atoms with Crippen LogP contribution < -0.4 is 5.73 Å². The van der Waals surface area contributed by atoms with Gasteiger partial charge in [0.15, 0.2) is 0 Å². The van der Waals surface area contributed by atoms with Crippen LogP contribution in [0.4, 0.5) is 5.69 Å². The Hall–Kier alpha value is -1.64. The first-order chi connectivity index (χ1) is 8.19. The first-order valence-electron chi connectivity index (χ1n) is 5.50. The highest BCUT2D eigenvalue weighted by atomic mass is 16.7. The number of hydrogen-bond acceptors (Lipinski definition) is 5. The van der Waals surface area contributed by atoms with Gasteiger partial charge in [-0.2, -0.15) is 0 Å². The number of nitrogen functional groups attached to an aromatic ring is 1. The lowest BCUT2D eigenvalue weighted by Gasteiger charge is -2.09. The second-order valence-corrected chi connectivity index (χ2v) is 3.23. The standard InChI is InChI=1S/C12H17N3O2/c1-4-16-11(17-5-2)7-6-10-12(13)9(3)14-8-15-10/h8,11H,4-5,13H2,1-3H3. The summed E-state index contributed by atoms with van der Waals surface area (Å²) in [6.07, 6.45) is 0.895. The average Bonchev–Trinajstić information content (AvgIpc) is 2.31. The molecular formula is C12H17N3O2. The van der Waals surface area contributed by atoms with Crippen LogP contribution in [0.3, 0.4) is 0 Å². The second kappa shape index (κ2) is 6.84. The third-order valence-corrected chi connectivity index (χ3v) is 2.03. The monoisotopic (exact) mass is 235 g/mol. The second-order valence-electron chi connectivity index (χ2n) is 3.23. The van der Waals surface area contributed by atoms with E-state index in [0.717, 1.165) is 0 Å². The average molecular weight is 235 g/mol. The molecule has 0 spiro atoms. The fourth-order valence-electron chi connectivity index (χ4n) is 1.14. The molecule has 0 saturated heterocycles. The van der Waals surface area contributed by atoms with Crippen molar-refractivity contribution < 1.29 is 9.47 Å². The van der Waals surface area contributed by atoms with Gasteiger partial charge in [0.25, 0.3) is 0 Å². The maximum atomic E-state index is 5.81. The van der Waals surface area contributed by atoms with E-state index in [1.165, 1.54) is 6.33 Å². The Kier molecular flexibility index (Phi) is 5.40. The lowest BCUT2D eigenvalue weighted by molar-refractivity contribution is -0.0969. The highest BCUT2D eigenvalue weighted by Gasteiger charge is 2.04. The van der Waals surface area contributed by atoms with E-state index < -0.39 is 6.29 Å². The maximum absolute atomic E-state index is 5.81. The number of aryl methyl sites for hydroxylation is 1. The van der Waals surface area contributed by atoms with Crippen LogP contribution in [0, 0.1) is 18.8 Å². The predicted molar refractivity (Wildman–Crippen MR) is 65.1 cm³/mol. The quantitative estimate of drug-likeness (QED) is 0.625. The predicted octanol–water partition coefficient (Wildman–Crippen LogP) is 1.12. The van der Waals surface area contributed by atoms with Crippen LogP contribution in [0.1, 0.15) is 25.2 Å². The number of rotatable bonds is 4. The lowest BCUT2D eigenvalue weighted by Crippen LogP contribution is -2.15. The van der Waals surface area contributed by atoms with Crippen LogP contribution in [0.15, 0.2) is 6.33 Å². The Bertz CT molecular complexity index is 417. The number of nitrogens with zero attached hydrogens (tertiary/aromatic N) is 2. The molecule has 1 rings (SSSR count). The zero-order valence-corrected chi connectivity index (χ0v) is 10.4. The van der Waals surface area contributed by atoms with Gasteiger partial charge in [-0.15, -0.1) is 0 Å². The Balaban J connectivity index is 2.84. The Morgan fingerprint density at radius 3 is 2.53 bits per heavy atom. The summed E-state index contributed by atoms with van der Waals surface area (Å²) in [7, 11) is 0. The molecule has 0 aliphatic carbocycles. The van der Waals surface area contributed by atoms with Gasteiger partial charge in [0.1, 0.15) is 12.0 Å². The van der Waals surface area contributed by atoms with Gasteiger partial charge in [0.05, 0.1) is 11.4 Å². The molecule has 0 bridgehead atoms. The smallest absolute Gasteiger partial charge is 0.222 e. The zero-order chi connectivity index (χ0) is 12.7. The van der Waals surface area contributed by atoms with Crippen molar-refractivity contribution in [1.29, 1.82) is 0 Å². The molecule has 0 unspecified atom stereocenters. The van der Waals surface area contributed by atoms with Gasteiger partial charge in [-0.05, 0) is 32.6 Å². The topological polar surface area (TPSA) is 70.3 Å². The molecule has 1 aromatic heterocycles. The molecule has 5 heteroatoms. The number of nitrogens with two attached hydrogens (primary N) is 1. The molecule has 0 aromatic carbocycles. The lowest BCUT2D eigenvalue weighted by atomic mass is 10.3. The van der Waals surface area contributed by atoms with Crippen molar-refractivity contribution in [3.8, 4) is 11.8 Å². The largest absolute Gasteiger partial charge is 0.395 e. The molecule has 0 aliphatic rings. The first-order valence-corrected chi connectivity index (χ1v) is 5.50. The van der Waals surface area contributed by atoms with Gasteiger partial charge in [0.2, 0.25) is 6.29 Å². The summed E-state index contributed by atoms with van der Waals surface area (Å²) in [6, 6.07) is 0. The first kappa shape index (κ1) is 13.4. The van der Waals surface area contributed by atoms with Gasteiger partial charge in [-0.25, -0.2) is 9.97 Å². The summed E-state index contributed by atoms with van der Waals surface area (Å²) in [5.74, 6) is 5.69. The molecule has 1 aromatic rings.